The average molecular weight is 401 g/mol. The maximum Gasteiger partial charge on any atom is 0.320 e. The van der Waals surface area contributed by atoms with Gasteiger partial charge in [-0.3, -0.25) is 9.59 Å². The molecular weight excluding hydrogens is 368 g/mol. The first-order valence-electron chi connectivity index (χ1n) is 10.5. The lowest BCUT2D eigenvalue weighted by Crippen LogP contribution is -2.62. The zero-order chi connectivity index (χ0) is 21.0. The number of amides is 4. The molecule has 0 bridgehead atoms. The van der Waals surface area contributed by atoms with Crippen LogP contribution in [0.5, 0.6) is 0 Å². The molecule has 2 aliphatic rings. The number of nitrogens with zero attached hydrogens (tertiary/aromatic N) is 2. The minimum absolute atomic E-state index is 0.0245. The van der Waals surface area contributed by atoms with E-state index in [0.717, 1.165) is 12.8 Å². The van der Waals surface area contributed by atoms with Crippen LogP contribution in [0, 0.1) is 0 Å². The maximum atomic E-state index is 13.3. The minimum Gasteiger partial charge on any atom is -0.339 e. The number of carbonyl (C=O) groups is 3. The van der Waals surface area contributed by atoms with E-state index in [4.69, 9.17) is 0 Å². The fourth-order valence-corrected chi connectivity index (χ4v) is 4.23. The van der Waals surface area contributed by atoms with E-state index in [2.05, 4.69) is 24.5 Å². The molecule has 0 atom stereocenters. The van der Waals surface area contributed by atoms with E-state index in [-0.39, 0.29) is 17.8 Å². The van der Waals surface area contributed by atoms with E-state index in [9.17, 15) is 14.4 Å². The third-order valence-corrected chi connectivity index (χ3v) is 6.07. The van der Waals surface area contributed by atoms with E-state index < -0.39 is 5.54 Å². The lowest BCUT2D eigenvalue weighted by molar-refractivity contribution is -0.143. The Kier molecular flexibility index (Phi) is 6.45. The molecule has 3 rings (SSSR count). The Bertz CT molecular complexity index is 746. The monoisotopic (exact) mass is 400 g/mol. The molecule has 0 unspecified atom stereocenters. The molecule has 1 saturated carbocycles. The Morgan fingerprint density at radius 1 is 0.931 bits per heavy atom. The largest absolute Gasteiger partial charge is 0.339 e. The van der Waals surface area contributed by atoms with Crippen molar-refractivity contribution in [3.8, 4) is 0 Å². The molecule has 158 valence electrons. The van der Waals surface area contributed by atoms with Crippen molar-refractivity contribution in [2.24, 2.45) is 0 Å². The number of nitrogens with one attached hydrogen (secondary N) is 2. The number of benzene rings is 1. The first-order chi connectivity index (χ1) is 13.8. The van der Waals surface area contributed by atoms with Gasteiger partial charge in [0.05, 0.1) is 0 Å². The number of hydrogen-bond donors (Lipinski definition) is 2. The molecule has 4 amide bonds. The predicted octanol–water partition coefficient (Wildman–Crippen LogP) is 2.94. The van der Waals surface area contributed by atoms with Crippen LogP contribution < -0.4 is 10.6 Å². The molecule has 2 fully saturated rings. The van der Waals surface area contributed by atoms with Gasteiger partial charge in [0, 0.05) is 38.8 Å². The van der Waals surface area contributed by atoms with Gasteiger partial charge in [0.15, 0.2) is 0 Å². The van der Waals surface area contributed by atoms with Crippen molar-refractivity contribution in [3.63, 3.8) is 0 Å². The zero-order valence-electron chi connectivity index (χ0n) is 17.7. The number of rotatable bonds is 4. The second-order valence-corrected chi connectivity index (χ2v) is 8.44. The van der Waals surface area contributed by atoms with Gasteiger partial charge in [-0.25, -0.2) is 4.79 Å². The number of piperazine rings is 1. The lowest BCUT2D eigenvalue weighted by atomic mass is 9.95. The van der Waals surface area contributed by atoms with Crippen molar-refractivity contribution in [2.75, 3.05) is 31.5 Å². The Balaban J connectivity index is 1.63. The van der Waals surface area contributed by atoms with Crippen molar-refractivity contribution in [1.82, 2.24) is 15.1 Å². The summed E-state index contributed by atoms with van der Waals surface area (Å²) in [7, 11) is 0. The molecule has 0 aromatic heterocycles. The first-order valence-corrected chi connectivity index (χ1v) is 10.5. The number of hydrogen-bond acceptors (Lipinski definition) is 3. The summed E-state index contributed by atoms with van der Waals surface area (Å²) in [6, 6.07) is 7.44. The summed E-state index contributed by atoms with van der Waals surface area (Å²) < 4.78 is 0. The van der Waals surface area contributed by atoms with Crippen LogP contribution in [0.15, 0.2) is 24.3 Å². The Hall–Kier alpha value is -2.57. The number of anilines is 1. The normalized spacial score (nSPS) is 18.6. The standard InChI is InChI=1S/C22H32N4O3/c1-16(2)18-6-8-19(9-7-18)23-21(29)24-22(10-4-5-11-22)20(28)26-14-12-25(13-15-26)17(3)27/h6-9,16H,4-5,10-15H2,1-3H3,(H2,23,24,29). The molecule has 1 heterocycles. The summed E-state index contributed by atoms with van der Waals surface area (Å²) >= 11 is 0. The molecule has 2 N–H and O–H groups in total. The van der Waals surface area contributed by atoms with Gasteiger partial charge in [0.25, 0.3) is 0 Å². The van der Waals surface area contributed by atoms with Crippen LogP contribution in [0.2, 0.25) is 0 Å². The lowest BCUT2D eigenvalue weighted by Gasteiger charge is -2.39. The molecule has 29 heavy (non-hydrogen) atoms. The zero-order valence-corrected chi connectivity index (χ0v) is 17.7. The van der Waals surface area contributed by atoms with E-state index in [1.54, 1.807) is 16.7 Å². The molecule has 1 aliphatic heterocycles. The van der Waals surface area contributed by atoms with Crippen LogP contribution >= 0.6 is 0 Å². The molecule has 7 nitrogen and oxygen atoms in total. The van der Waals surface area contributed by atoms with Gasteiger partial charge in [-0.05, 0) is 36.5 Å². The Morgan fingerprint density at radius 2 is 1.48 bits per heavy atom. The van der Waals surface area contributed by atoms with Crippen molar-refractivity contribution >= 4 is 23.5 Å². The molecule has 7 heteroatoms. The molecular formula is C22H32N4O3. The molecule has 0 spiro atoms. The maximum absolute atomic E-state index is 13.3. The Morgan fingerprint density at radius 3 is 2.00 bits per heavy atom. The highest BCUT2D eigenvalue weighted by Gasteiger charge is 2.45. The van der Waals surface area contributed by atoms with Gasteiger partial charge >= 0.3 is 6.03 Å². The highest BCUT2D eigenvalue weighted by Crippen LogP contribution is 2.32. The van der Waals surface area contributed by atoms with Gasteiger partial charge in [0.1, 0.15) is 5.54 Å². The van der Waals surface area contributed by atoms with Gasteiger partial charge in [-0.1, -0.05) is 38.8 Å². The number of carbonyl (C=O) groups excluding carboxylic acids is 3. The smallest absolute Gasteiger partial charge is 0.320 e. The average Bonchev–Trinajstić information content (AvgIpc) is 3.17. The molecule has 1 aromatic rings. The third-order valence-electron chi connectivity index (χ3n) is 6.07. The fraction of sp³-hybridized carbons (Fsp3) is 0.591. The van der Waals surface area contributed by atoms with Crippen molar-refractivity contribution in [1.29, 1.82) is 0 Å². The van der Waals surface area contributed by atoms with Gasteiger partial charge in [-0.15, -0.1) is 0 Å². The van der Waals surface area contributed by atoms with Crippen molar-refractivity contribution in [2.45, 2.75) is 57.9 Å². The van der Waals surface area contributed by atoms with E-state index in [1.165, 1.54) is 5.56 Å². The van der Waals surface area contributed by atoms with Crippen LogP contribution in [0.1, 0.15) is 57.9 Å². The van der Waals surface area contributed by atoms with E-state index in [0.29, 0.717) is 50.6 Å². The second kappa shape index (κ2) is 8.84. The summed E-state index contributed by atoms with van der Waals surface area (Å²) in [5.74, 6) is 0.442. The van der Waals surface area contributed by atoms with E-state index in [1.807, 2.05) is 24.3 Å². The fourth-order valence-electron chi connectivity index (χ4n) is 4.23. The SMILES string of the molecule is CC(=O)N1CCN(C(=O)C2(NC(=O)Nc3ccc(C(C)C)cc3)CCCC2)CC1. The highest BCUT2D eigenvalue weighted by molar-refractivity contribution is 5.96. The van der Waals surface area contributed by atoms with Crippen LogP contribution in [0.3, 0.4) is 0 Å². The van der Waals surface area contributed by atoms with Crippen LogP contribution in [0.25, 0.3) is 0 Å². The predicted molar refractivity (Wildman–Crippen MR) is 113 cm³/mol. The summed E-state index contributed by atoms with van der Waals surface area (Å²) in [5.41, 5.74) is 1.08. The van der Waals surface area contributed by atoms with Crippen LogP contribution in [-0.2, 0) is 9.59 Å². The van der Waals surface area contributed by atoms with Crippen LogP contribution in [0.4, 0.5) is 10.5 Å². The number of urea groups is 1. The first kappa shape index (κ1) is 21.1. The van der Waals surface area contributed by atoms with Crippen molar-refractivity contribution in [3.05, 3.63) is 29.8 Å². The van der Waals surface area contributed by atoms with Gasteiger partial charge < -0.3 is 20.4 Å². The topological polar surface area (TPSA) is 81.8 Å². The summed E-state index contributed by atoms with van der Waals surface area (Å²) in [6.45, 7) is 7.93. The molecule has 1 aliphatic carbocycles. The van der Waals surface area contributed by atoms with Gasteiger partial charge in [-0.2, -0.15) is 0 Å². The third kappa shape index (κ3) is 4.89. The van der Waals surface area contributed by atoms with E-state index >= 15 is 0 Å². The minimum atomic E-state index is -0.847. The summed E-state index contributed by atoms with van der Waals surface area (Å²) in [6.07, 6.45) is 3.14. The summed E-state index contributed by atoms with van der Waals surface area (Å²) in [5, 5.41) is 5.85. The summed E-state index contributed by atoms with van der Waals surface area (Å²) in [4.78, 5) is 41.0. The molecule has 1 saturated heterocycles. The van der Waals surface area contributed by atoms with Crippen LogP contribution in [-0.4, -0.2) is 59.4 Å². The molecule has 0 radical (unpaired) electrons. The quantitative estimate of drug-likeness (QED) is 0.815. The van der Waals surface area contributed by atoms with Crippen molar-refractivity contribution < 1.29 is 14.4 Å². The second-order valence-electron chi connectivity index (χ2n) is 8.44. The Labute approximate surface area is 172 Å². The molecule has 1 aromatic carbocycles. The van der Waals surface area contributed by atoms with Gasteiger partial charge in [0.2, 0.25) is 11.8 Å². The highest BCUT2D eigenvalue weighted by atomic mass is 16.2.